The number of nitrogens with one attached hydrogen (secondary N) is 1. The van der Waals surface area contributed by atoms with Crippen LogP contribution in [-0.2, 0) is 10.0 Å². The van der Waals surface area contributed by atoms with Crippen molar-refractivity contribution in [3.8, 4) is 5.75 Å². The molecule has 0 spiro atoms. The van der Waals surface area contributed by atoms with Gasteiger partial charge in [0.05, 0.1) is 7.11 Å². The van der Waals surface area contributed by atoms with E-state index in [2.05, 4.69) is 4.72 Å². The van der Waals surface area contributed by atoms with E-state index in [1.54, 1.807) is 32.0 Å². The molecule has 1 aromatic carbocycles. The van der Waals surface area contributed by atoms with E-state index in [9.17, 15) is 8.42 Å². The molecule has 0 aromatic heterocycles. The zero-order chi connectivity index (χ0) is 13.8. The fraction of sp³-hybridized carbons (Fsp3) is 0.500. The van der Waals surface area contributed by atoms with Gasteiger partial charge in [0, 0.05) is 18.6 Å². The minimum atomic E-state index is -3.63. The minimum Gasteiger partial charge on any atom is -0.495 e. The summed E-state index contributed by atoms with van der Waals surface area (Å²) in [7, 11) is -2.21. The van der Waals surface area contributed by atoms with E-state index in [0.29, 0.717) is 5.75 Å². The largest absolute Gasteiger partial charge is 0.495 e. The Morgan fingerprint density at radius 2 is 1.94 bits per heavy atom. The van der Waals surface area contributed by atoms with Gasteiger partial charge in [-0.05, 0) is 12.1 Å². The van der Waals surface area contributed by atoms with Gasteiger partial charge in [0.2, 0.25) is 10.0 Å². The second-order valence-corrected chi connectivity index (χ2v) is 6.53. The summed E-state index contributed by atoms with van der Waals surface area (Å²) in [5, 5.41) is 9.10. The van der Waals surface area contributed by atoms with Crippen molar-refractivity contribution in [1.82, 2.24) is 4.72 Å². The Bertz CT molecular complexity index is 497. The van der Waals surface area contributed by atoms with Crippen molar-refractivity contribution in [2.24, 2.45) is 5.41 Å². The van der Waals surface area contributed by atoms with E-state index in [0.717, 1.165) is 0 Å². The van der Waals surface area contributed by atoms with Crippen LogP contribution in [0.1, 0.15) is 13.8 Å². The predicted octanol–water partition coefficient (Wildman–Crippen LogP) is 0.992. The summed E-state index contributed by atoms with van der Waals surface area (Å²) >= 11 is 0. The fourth-order valence-corrected chi connectivity index (χ4v) is 2.68. The van der Waals surface area contributed by atoms with Crippen molar-refractivity contribution in [1.29, 1.82) is 0 Å². The lowest BCUT2D eigenvalue weighted by Crippen LogP contribution is -2.36. The van der Waals surface area contributed by atoms with Gasteiger partial charge in [-0.1, -0.05) is 26.0 Å². The van der Waals surface area contributed by atoms with Gasteiger partial charge >= 0.3 is 0 Å². The molecule has 0 fully saturated rings. The number of hydrogen-bond acceptors (Lipinski definition) is 4. The first-order chi connectivity index (χ1) is 8.32. The van der Waals surface area contributed by atoms with Crippen LogP contribution in [0, 0.1) is 5.41 Å². The minimum absolute atomic E-state index is 0.0958. The molecule has 2 N–H and O–H groups in total. The van der Waals surface area contributed by atoms with E-state index < -0.39 is 15.4 Å². The maximum absolute atomic E-state index is 12.1. The topological polar surface area (TPSA) is 75.6 Å². The summed E-state index contributed by atoms with van der Waals surface area (Å²) in [5.74, 6) is 0.298. The standard InChI is InChI=1S/C12H19NO4S/c1-12(2,9-14)8-13-18(15,16)11-7-5-4-6-10(11)17-3/h4-7,13-14H,8-9H2,1-3H3. The summed E-state index contributed by atoms with van der Waals surface area (Å²) in [6.07, 6.45) is 0. The van der Waals surface area contributed by atoms with Crippen molar-refractivity contribution in [2.75, 3.05) is 20.3 Å². The number of benzene rings is 1. The molecule has 0 unspecified atom stereocenters. The SMILES string of the molecule is COc1ccccc1S(=O)(=O)NCC(C)(C)CO. The number of para-hydroxylation sites is 1. The lowest BCUT2D eigenvalue weighted by Gasteiger charge is -2.22. The van der Waals surface area contributed by atoms with Crippen LogP contribution in [0.15, 0.2) is 29.2 Å². The Morgan fingerprint density at radius 3 is 2.50 bits per heavy atom. The number of ether oxygens (including phenoxy) is 1. The van der Waals surface area contributed by atoms with Crippen LogP contribution < -0.4 is 9.46 Å². The molecule has 0 aliphatic carbocycles. The second-order valence-electron chi connectivity index (χ2n) is 4.80. The molecule has 1 rings (SSSR count). The second kappa shape index (κ2) is 5.69. The third-order valence-corrected chi connectivity index (χ3v) is 3.97. The number of sulfonamides is 1. The molecule has 0 heterocycles. The molecule has 0 aliphatic rings. The number of aliphatic hydroxyl groups is 1. The van der Waals surface area contributed by atoms with Gasteiger partial charge in [0.15, 0.2) is 0 Å². The molecular weight excluding hydrogens is 254 g/mol. The third kappa shape index (κ3) is 3.69. The first kappa shape index (κ1) is 14.9. The molecule has 5 nitrogen and oxygen atoms in total. The Morgan fingerprint density at radius 1 is 1.33 bits per heavy atom. The summed E-state index contributed by atoms with van der Waals surface area (Å²) in [4.78, 5) is 0.0984. The van der Waals surface area contributed by atoms with Gasteiger partial charge in [0.25, 0.3) is 0 Å². The molecule has 0 bridgehead atoms. The van der Waals surface area contributed by atoms with Gasteiger partial charge in [-0.2, -0.15) is 0 Å². The zero-order valence-corrected chi connectivity index (χ0v) is 11.6. The van der Waals surface area contributed by atoms with Crippen LogP contribution in [0.3, 0.4) is 0 Å². The molecule has 0 atom stereocenters. The highest BCUT2D eigenvalue weighted by Gasteiger charge is 2.23. The fourth-order valence-electron chi connectivity index (χ4n) is 1.26. The van der Waals surface area contributed by atoms with Gasteiger partial charge in [-0.15, -0.1) is 0 Å². The normalized spacial score (nSPS) is 12.4. The predicted molar refractivity (Wildman–Crippen MR) is 69.0 cm³/mol. The first-order valence-electron chi connectivity index (χ1n) is 5.56. The van der Waals surface area contributed by atoms with Crippen molar-refractivity contribution < 1.29 is 18.3 Å². The number of methoxy groups -OCH3 is 1. The molecule has 1 aromatic rings. The summed E-state index contributed by atoms with van der Waals surface area (Å²) in [6.45, 7) is 3.61. The molecule has 0 saturated heterocycles. The molecule has 0 radical (unpaired) electrons. The molecule has 0 amide bonds. The molecule has 18 heavy (non-hydrogen) atoms. The Labute approximate surface area is 108 Å². The summed E-state index contributed by atoms with van der Waals surface area (Å²) in [5.41, 5.74) is -0.505. The van der Waals surface area contributed by atoms with E-state index in [1.165, 1.54) is 13.2 Å². The first-order valence-corrected chi connectivity index (χ1v) is 7.04. The van der Waals surface area contributed by atoms with Crippen molar-refractivity contribution in [3.05, 3.63) is 24.3 Å². The van der Waals surface area contributed by atoms with Crippen LogP contribution in [0.4, 0.5) is 0 Å². The smallest absolute Gasteiger partial charge is 0.244 e. The maximum Gasteiger partial charge on any atom is 0.244 e. The Balaban J connectivity index is 2.94. The van der Waals surface area contributed by atoms with Crippen molar-refractivity contribution >= 4 is 10.0 Å². The van der Waals surface area contributed by atoms with Gasteiger partial charge in [-0.3, -0.25) is 0 Å². The average Bonchev–Trinajstić information content (AvgIpc) is 2.37. The van der Waals surface area contributed by atoms with Crippen LogP contribution in [0.25, 0.3) is 0 Å². The Hall–Kier alpha value is -1.11. The number of aliphatic hydroxyl groups excluding tert-OH is 1. The van der Waals surface area contributed by atoms with Crippen LogP contribution >= 0.6 is 0 Å². The van der Waals surface area contributed by atoms with Crippen LogP contribution in [0.2, 0.25) is 0 Å². The zero-order valence-electron chi connectivity index (χ0n) is 10.8. The van der Waals surface area contributed by atoms with Gasteiger partial charge < -0.3 is 9.84 Å². The highest BCUT2D eigenvalue weighted by atomic mass is 32.2. The maximum atomic E-state index is 12.1. The molecular formula is C12H19NO4S. The summed E-state index contributed by atoms with van der Waals surface area (Å²) in [6, 6.07) is 6.41. The molecule has 6 heteroatoms. The lowest BCUT2D eigenvalue weighted by molar-refractivity contribution is 0.163. The van der Waals surface area contributed by atoms with E-state index in [-0.39, 0.29) is 18.0 Å². The van der Waals surface area contributed by atoms with E-state index in [1.807, 2.05) is 0 Å². The molecule has 0 saturated carbocycles. The molecule has 102 valence electrons. The number of hydrogen-bond donors (Lipinski definition) is 2. The van der Waals surface area contributed by atoms with Crippen molar-refractivity contribution in [2.45, 2.75) is 18.7 Å². The quantitative estimate of drug-likeness (QED) is 0.810. The monoisotopic (exact) mass is 273 g/mol. The van der Waals surface area contributed by atoms with Gasteiger partial charge in [-0.25, -0.2) is 13.1 Å². The Kier molecular flexibility index (Phi) is 4.72. The van der Waals surface area contributed by atoms with Crippen LogP contribution in [0.5, 0.6) is 5.75 Å². The molecule has 0 aliphatic heterocycles. The highest BCUT2D eigenvalue weighted by molar-refractivity contribution is 7.89. The summed E-state index contributed by atoms with van der Waals surface area (Å²) < 4.78 is 31.7. The van der Waals surface area contributed by atoms with E-state index >= 15 is 0 Å². The lowest BCUT2D eigenvalue weighted by atomic mass is 9.96. The third-order valence-electron chi connectivity index (χ3n) is 2.53. The van der Waals surface area contributed by atoms with Crippen molar-refractivity contribution in [3.63, 3.8) is 0 Å². The van der Waals surface area contributed by atoms with Crippen LogP contribution in [-0.4, -0.2) is 33.8 Å². The van der Waals surface area contributed by atoms with Gasteiger partial charge in [0.1, 0.15) is 10.6 Å². The van der Waals surface area contributed by atoms with E-state index in [4.69, 9.17) is 9.84 Å². The highest BCUT2D eigenvalue weighted by Crippen LogP contribution is 2.23. The average molecular weight is 273 g/mol. The number of rotatable bonds is 6.